The van der Waals surface area contributed by atoms with Crippen LogP contribution in [0.4, 0.5) is 0 Å². The molecule has 0 bridgehead atoms. The quantitative estimate of drug-likeness (QED) is 0.547. The molecule has 25 heavy (non-hydrogen) atoms. The Morgan fingerprint density at radius 3 is 2.84 bits per heavy atom. The van der Waals surface area contributed by atoms with Gasteiger partial charge in [-0.3, -0.25) is 19.6 Å². The van der Waals surface area contributed by atoms with E-state index in [1.807, 2.05) is 24.3 Å². The lowest BCUT2D eigenvalue weighted by atomic mass is 10.00. The Hall–Kier alpha value is -2.87. The average molecular weight is 345 g/mol. The first-order chi connectivity index (χ1) is 12.0. The van der Waals surface area contributed by atoms with Gasteiger partial charge >= 0.3 is 5.97 Å². The standard InChI is InChI=1S/C17H19N3O5/c1-2-25-15(21)8-13-17(23)20(24)14(16(22)19-13)7-10-9-18-12-6-4-3-5-11(10)12/h3-6,9,13-14,18,24H,2,7-8H2,1H3,(H,19,22). The van der Waals surface area contributed by atoms with Gasteiger partial charge in [-0.15, -0.1) is 0 Å². The number of amides is 2. The Bertz CT molecular complexity index is 815. The van der Waals surface area contributed by atoms with Gasteiger partial charge in [0.15, 0.2) is 0 Å². The van der Waals surface area contributed by atoms with Gasteiger partial charge in [0, 0.05) is 23.5 Å². The van der Waals surface area contributed by atoms with Crippen molar-refractivity contribution >= 4 is 28.7 Å². The monoisotopic (exact) mass is 345 g/mol. The van der Waals surface area contributed by atoms with Crippen LogP contribution in [-0.2, 0) is 25.5 Å². The van der Waals surface area contributed by atoms with Gasteiger partial charge in [-0.25, -0.2) is 5.06 Å². The molecule has 1 aromatic heterocycles. The number of aromatic amines is 1. The van der Waals surface area contributed by atoms with E-state index in [4.69, 9.17) is 4.74 Å². The fourth-order valence-corrected chi connectivity index (χ4v) is 2.97. The predicted octanol–water partition coefficient (Wildman–Crippen LogP) is 0.748. The molecule has 2 amide bonds. The second-order valence-corrected chi connectivity index (χ2v) is 5.83. The number of nitrogens with zero attached hydrogens (tertiary/aromatic N) is 1. The lowest BCUT2D eigenvalue weighted by molar-refractivity contribution is -0.190. The van der Waals surface area contributed by atoms with E-state index in [2.05, 4.69) is 10.3 Å². The summed E-state index contributed by atoms with van der Waals surface area (Å²) in [5.74, 6) is -1.84. The number of rotatable bonds is 5. The number of carbonyl (C=O) groups excluding carboxylic acids is 3. The molecule has 3 N–H and O–H groups in total. The highest BCUT2D eigenvalue weighted by Crippen LogP contribution is 2.22. The minimum absolute atomic E-state index is 0.157. The van der Waals surface area contributed by atoms with Gasteiger partial charge in [-0.2, -0.15) is 0 Å². The second kappa shape index (κ2) is 6.94. The summed E-state index contributed by atoms with van der Waals surface area (Å²) in [6, 6.07) is 5.39. The third-order valence-corrected chi connectivity index (χ3v) is 4.20. The summed E-state index contributed by atoms with van der Waals surface area (Å²) >= 11 is 0. The fraction of sp³-hybridized carbons (Fsp3) is 0.353. The summed E-state index contributed by atoms with van der Waals surface area (Å²) in [6.45, 7) is 1.83. The number of hydrogen-bond acceptors (Lipinski definition) is 5. The summed E-state index contributed by atoms with van der Waals surface area (Å²) in [6.07, 6.45) is 1.60. The van der Waals surface area contributed by atoms with Crippen LogP contribution in [0.2, 0.25) is 0 Å². The van der Waals surface area contributed by atoms with Crippen molar-refractivity contribution in [2.45, 2.75) is 31.8 Å². The first-order valence-corrected chi connectivity index (χ1v) is 8.04. The smallest absolute Gasteiger partial charge is 0.308 e. The molecule has 8 heteroatoms. The zero-order chi connectivity index (χ0) is 18.0. The van der Waals surface area contributed by atoms with Crippen LogP contribution in [0.1, 0.15) is 18.9 Å². The minimum Gasteiger partial charge on any atom is -0.466 e. The van der Waals surface area contributed by atoms with Crippen LogP contribution in [0.25, 0.3) is 10.9 Å². The summed E-state index contributed by atoms with van der Waals surface area (Å²) in [5.41, 5.74) is 1.72. The third kappa shape index (κ3) is 3.34. The number of piperazine rings is 1. The molecule has 0 spiro atoms. The van der Waals surface area contributed by atoms with Crippen molar-refractivity contribution < 1.29 is 24.3 Å². The van der Waals surface area contributed by atoms with E-state index in [0.29, 0.717) is 5.06 Å². The predicted molar refractivity (Wildman–Crippen MR) is 87.6 cm³/mol. The number of carbonyl (C=O) groups is 3. The Morgan fingerprint density at radius 1 is 1.32 bits per heavy atom. The van der Waals surface area contributed by atoms with Crippen LogP contribution in [-0.4, -0.2) is 51.7 Å². The van der Waals surface area contributed by atoms with Crippen LogP contribution < -0.4 is 5.32 Å². The van der Waals surface area contributed by atoms with E-state index in [-0.39, 0.29) is 19.4 Å². The third-order valence-electron chi connectivity index (χ3n) is 4.20. The van der Waals surface area contributed by atoms with Gasteiger partial charge in [-0.05, 0) is 18.6 Å². The zero-order valence-corrected chi connectivity index (χ0v) is 13.7. The van der Waals surface area contributed by atoms with E-state index in [1.54, 1.807) is 13.1 Å². The molecule has 1 aliphatic heterocycles. The number of hydrogen-bond donors (Lipinski definition) is 3. The Morgan fingerprint density at radius 2 is 2.08 bits per heavy atom. The van der Waals surface area contributed by atoms with Crippen LogP contribution in [0, 0.1) is 0 Å². The average Bonchev–Trinajstić information content (AvgIpc) is 3.00. The molecule has 3 rings (SSSR count). The molecule has 132 valence electrons. The number of benzene rings is 1. The van der Waals surface area contributed by atoms with E-state index in [9.17, 15) is 19.6 Å². The van der Waals surface area contributed by atoms with Crippen molar-refractivity contribution in [2.24, 2.45) is 0 Å². The molecule has 0 saturated carbocycles. The summed E-state index contributed by atoms with van der Waals surface area (Å²) in [4.78, 5) is 39.2. The number of ether oxygens (including phenoxy) is 1. The minimum atomic E-state index is -1.12. The molecule has 2 heterocycles. The summed E-state index contributed by atoms with van der Waals surface area (Å²) < 4.78 is 4.78. The Labute approximate surface area is 143 Å². The number of aromatic nitrogens is 1. The molecule has 8 nitrogen and oxygen atoms in total. The number of para-hydroxylation sites is 1. The van der Waals surface area contributed by atoms with Gasteiger partial charge < -0.3 is 15.0 Å². The molecule has 1 fully saturated rings. The van der Waals surface area contributed by atoms with Gasteiger partial charge in [-0.1, -0.05) is 18.2 Å². The Kier molecular flexibility index (Phi) is 4.71. The lowest BCUT2D eigenvalue weighted by Gasteiger charge is -2.34. The molecule has 0 radical (unpaired) electrons. The van der Waals surface area contributed by atoms with Gasteiger partial charge in [0.1, 0.15) is 12.1 Å². The van der Waals surface area contributed by atoms with E-state index in [0.717, 1.165) is 16.5 Å². The Balaban J connectivity index is 1.74. The SMILES string of the molecule is CCOC(=O)CC1NC(=O)C(Cc2c[nH]c3ccccc23)N(O)C1=O. The zero-order valence-electron chi connectivity index (χ0n) is 13.7. The van der Waals surface area contributed by atoms with Crippen LogP contribution in [0.15, 0.2) is 30.5 Å². The topological polar surface area (TPSA) is 112 Å². The number of esters is 1. The molecular weight excluding hydrogens is 326 g/mol. The van der Waals surface area contributed by atoms with E-state index in [1.165, 1.54) is 0 Å². The normalized spacial score (nSPS) is 20.6. The number of fused-ring (bicyclic) bond motifs is 1. The largest absolute Gasteiger partial charge is 0.466 e. The molecule has 1 aliphatic rings. The molecular formula is C17H19N3O5. The van der Waals surface area contributed by atoms with Crippen molar-refractivity contribution in [1.29, 1.82) is 0 Å². The number of hydroxylamine groups is 2. The van der Waals surface area contributed by atoms with Crippen molar-refractivity contribution in [3.63, 3.8) is 0 Å². The van der Waals surface area contributed by atoms with Crippen molar-refractivity contribution in [1.82, 2.24) is 15.4 Å². The lowest BCUT2D eigenvalue weighted by Crippen LogP contribution is -2.63. The van der Waals surface area contributed by atoms with Crippen LogP contribution in [0.3, 0.4) is 0 Å². The van der Waals surface area contributed by atoms with Crippen LogP contribution >= 0.6 is 0 Å². The van der Waals surface area contributed by atoms with Crippen molar-refractivity contribution in [3.05, 3.63) is 36.0 Å². The first kappa shape index (κ1) is 17.0. The summed E-state index contributed by atoms with van der Waals surface area (Å²) in [7, 11) is 0. The summed E-state index contributed by atoms with van der Waals surface area (Å²) in [5, 5.41) is 14.0. The highest BCUT2D eigenvalue weighted by molar-refractivity contribution is 5.98. The molecule has 0 aliphatic carbocycles. The molecule has 2 unspecified atom stereocenters. The van der Waals surface area contributed by atoms with Gasteiger partial charge in [0.05, 0.1) is 13.0 Å². The molecule has 2 atom stereocenters. The van der Waals surface area contributed by atoms with E-state index >= 15 is 0 Å². The first-order valence-electron chi connectivity index (χ1n) is 8.04. The fourth-order valence-electron chi connectivity index (χ4n) is 2.97. The molecule has 1 aromatic carbocycles. The van der Waals surface area contributed by atoms with Crippen molar-refractivity contribution in [3.8, 4) is 0 Å². The maximum atomic E-state index is 12.3. The second-order valence-electron chi connectivity index (χ2n) is 5.83. The van der Waals surface area contributed by atoms with Gasteiger partial charge in [0.25, 0.3) is 5.91 Å². The number of H-pyrrole nitrogens is 1. The highest BCUT2D eigenvalue weighted by atomic mass is 16.5. The molecule has 1 saturated heterocycles. The van der Waals surface area contributed by atoms with Crippen LogP contribution in [0.5, 0.6) is 0 Å². The van der Waals surface area contributed by atoms with E-state index < -0.39 is 29.9 Å². The van der Waals surface area contributed by atoms with Gasteiger partial charge in [0.2, 0.25) is 5.91 Å². The highest BCUT2D eigenvalue weighted by Gasteiger charge is 2.41. The van der Waals surface area contributed by atoms with Crippen molar-refractivity contribution in [2.75, 3.05) is 6.61 Å². The molecule has 2 aromatic rings. The maximum Gasteiger partial charge on any atom is 0.308 e. The maximum absolute atomic E-state index is 12.3. The number of nitrogens with one attached hydrogen (secondary N) is 2.